The molecule has 0 saturated carbocycles. The second-order valence-corrected chi connectivity index (χ2v) is 7.90. The number of anilines is 1. The van der Waals surface area contributed by atoms with Crippen molar-refractivity contribution in [3.05, 3.63) is 63.1 Å². The van der Waals surface area contributed by atoms with Crippen LogP contribution in [0.4, 0.5) is 5.69 Å². The zero-order chi connectivity index (χ0) is 17.8. The maximum Gasteiger partial charge on any atom is 0.227 e. The van der Waals surface area contributed by atoms with Crippen LogP contribution in [0.15, 0.2) is 46.9 Å². The van der Waals surface area contributed by atoms with E-state index in [1.807, 2.05) is 25.1 Å². The van der Waals surface area contributed by atoms with Gasteiger partial charge in [-0.1, -0.05) is 45.7 Å². The maximum absolute atomic E-state index is 12.6. The molecule has 1 heterocycles. The minimum absolute atomic E-state index is 0.0690. The van der Waals surface area contributed by atoms with Crippen LogP contribution in [0.3, 0.4) is 0 Å². The molecule has 3 rings (SSSR count). The van der Waals surface area contributed by atoms with Gasteiger partial charge in [-0.3, -0.25) is 9.69 Å². The smallest absolute Gasteiger partial charge is 0.227 e. The van der Waals surface area contributed by atoms with Crippen LogP contribution < -0.4 is 5.32 Å². The summed E-state index contributed by atoms with van der Waals surface area (Å²) in [4.78, 5) is 15.0. The molecule has 25 heavy (non-hydrogen) atoms. The van der Waals surface area contributed by atoms with Gasteiger partial charge in [0.05, 0.1) is 0 Å². The summed E-state index contributed by atoms with van der Waals surface area (Å²) in [6.07, 6.45) is 1.78. The van der Waals surface area contributed by atoms with E-state index in [9.17, 15) is 4.79 Å². The quantitative estimate of drug-likeness (QED) is 0.730. The van der Waals surface area contributed by atoms with Crippen LogP contribution in [0.5, 0.6) is 0 Å². The van der Waals surface area contributed by atoms with Crippen molar-refractivity contribution in [3.63, 3.8) is 0 Å². The number of likely N-dealkylation sites (tertiary alicyclic amines) is 1. The molecular weight excluding hydrogens is 400 g/mol. The number of carbonyl (C=O) groups excluding carboxylic acids is 1. The zero-order valence-corrected chi connectivity index (χ0v) is 16.6. The molecule has 1 aliphatic rings. The molecule has 0 radical (unpaired) electrons. The van der Waals surface area contributed by atoms with Crippen LogP contribution in [-0.2, 0) is 11.3 Å². The summed E-state index contributed by atoms with van der Waals surface area (Å²) in [6, 6.07) is 14.0. The number of hydrogen-bond donors (Lipinski definition) is 1. The van der Waals surface area contributed by atoms with Gasteiger partial charge in [0.1, 0.15) is 0 Å². The predicted molar refractivity (Wildman–Crippen MR) is 107 cm³/mol. The lowest BCUT2D eigenvalue weighted by atomic mass is 9.95. The highest BCUT2D eigenvalue weighted by Gasteiger charge is 2.25. The fourth-order valence-electron chi connectivity index (χ4n) is 3.18. The second kappa shape index (κ2) is 8.35. The number of carbonyl (C=O) groups is 1. The average Bonchev–Trinajstić information content (AvgIpc) is 2.61. The van der Waals surface area contributed by atoms with Crippen LogP contribution in [0.2, 0.25) is 5.02 Å². The van der Waals surface area contributed by atoms with Crippen LogP contribution in [-0.4, -0.2) is 23.9 Å². The van der Waals surface area contributed by atoms with Gasteiger partial charge in [-0.15, -0.1) is 0 Å². The van der Waals surface area contributed by atoms with E-state index in [-0.39, 0.29) is 11.8 Å². The van der Waals surface area contributed by atoms with E-state index in [0.29, 0.717) is 5.02 Å². The first-order valence-corrected chi connectivity index (χ1v) is 9.73. The van der Waals surface area contributed by atoms with Gasteiger partial charge in [-0.05, 0) is 68.2 Å². The Morgan fingerprint density at radius 2 is 1.88 bits per heavy atom. The van der Waals surface area contributed by atoms with Crippen LogP contribution in [0, 0.1) is 12.8 Å². The Morgan fingerprint density at radius 1 is 1.20 bits per heavy atom. The summed E-state index contributed by atoms with van der Waals surface area (Å²) in [5, 5.41) is 3.73. The number of amides is 1. The van der Waals surface area contributed by atoms with E-state index in [0.717, 1.165) is 48.2 Å². The highest BCUT2D eigenvalue weighted by Crippen LogP contribution is 2.25. The molecule has 3 nitrogen and oxygen atoms in total. The van der Waals surface area contributed by atoms with Crippen molar-refractivity contribution in [1.82, 2.24) is 4.90 Å². The third-order valence-corrected chi connectivity index (χ3v) is 5.74. The molecule has 1 N–H and O–H groups in total. The fraction of sp³-hybridized carbons (Fsp3) is 0.350. The number of hydrogen-bond acceptors (Lipinski definition) is 2. The molecule has 0 spiro atoms. The molecular formula is C20H22BrClN2O. The van der Waals surface area contributed by atoms with E-state index in [2.05, 4.69) is 50.4 Å². The first-order valence-electron chi connectivity index (χ1n) is 8.55. The normalized spacial score (nSPS) is 16.0. The first-order chi connectivity index (χ1) is 12.0. The second-order valence-electron chi connectivity index (χ2n) is 6.58. The Bertz CT molecular complexity index is 740. The number of piperidine rings is 1. The molecule has 2 aromatic rings. The van der Waals surface area contributed by atoms with Gasteiger partial charge in [-0.2, -0.15) is 0 Å². The molecule has 5 heteroatoms. The van der Waals surface area contributed by atoms with Crippen molar-refractivity contribution < 1.29 is 4.79 Å². The number of halogens is 2. The number of nitrogens with zero attached hydrogens (tertiary/aromatic N) is 1. The van der Waals surface area contributed by atoms with E-state index in [4.69, 9.17) is 11.6 Å². The van der Waals surface area contributed by atoms with Crippen LogP contribution >= 0.6 is 27.5 Å². The van der Waals surface area contributed by atoms with Gasteiger partial charge < -0.3 is 5.32 Å². The summed E-state index contributed by atoms with van der Waals surface area (Å²) in [5.41, 5.74) is 3.04. The largest absolute Gasteiger partial charge is 0.326 e. The topological polar surface area (TPSA) is 32.3 Å². The highest BCUT2D eigenvalue weighted by molar-refractivity contribution is 9.10. The third kappa shape index (κ3) is 4.84. The highest BCUT2D eigenvalue weighted by atomic mass is 79.9. The Labute approximate surface area is 162 Å². The minimum Gasteiger partial charge on any atom is -0.326 e. The lowest BCUT2D eigenvalue weighted by Crippen LogP contribution is -2.37. The van der Waals surface area contributed by atoms with Gasteiger partial charge in [0.15, 0.2) is 0 Å². The summed E-state index contributed by atoms with van der Waals surface area (Å²) in [7, 11) is 0. The number of rotatable bonds is 4. The van der Waals surface area contributed by atoms with E-state index in [1.165, 1.54) is 5.56 Å². The summed E-state index contributed by atoms with van der Waals surface area (Å²) < 4.78 is 1.10. The summed E-state index contributed by atoms with van der Waals surface area (Å²) in [6.45, 7) is 4.76. The molecule has 0 unspecified atom stereocenters. The molecule has 2 aromatic carbocycles. The average molecular weight is 422 g/mol. The summed E-state index contributed by atoms with van der Waals surface area (Å²) in [5.74, 6) is 0.174. The van der Waals surface area contributed by atoms with Crippen molar-refractivity contribution in [3.8, 4) is 0 Å². The van der Waals surface area contributed by atoms with Crippen molar-refractivity contribution in [2.24, 2.45) is 5.92 Å². The fourth-order valence-corrected chi connectivity index (χ4v) is 3.62. The molecule has 1 fully saturated rings. The zero-order valence-electron chi connectivity index (χ0n) is 14.3. The first kappa shape index (κ1) is 18.4. The lowest BCUT2D eigenvalue weighted by molar-refractivity contribution is -0.121. The SMILES string of the molecule is Cc1c(Cl)cccc1NC(=O)C1CCN(Cc2ccc(Br)cc2)CC1. The summed E-state index contributed by atoms with van der Waals surface area (Å²) >= 11 is 9.59. The van der Waals surface area contributed by atoms with Crippen molar-refractivity contribution in [2.75, 3.05) is 18.4 Å². The van der Waals surface area contributed by atoms with Crippen molar-refractivity contribution >= 4 is 39.1 Å². The standard InChI is InChI=1S/C20H22BrClN2O/c1-14-18(22)3-2-4-19(14)23-20(25)16-9-11-24(12-10-16)13-15-5-7-17(21)8-6-15/h2-8,16H,9-13H2,1H3,(H,23,25). The van der Waals surface area contributed by atoms with Gasteiger partial charge in [0.25, 0.3) is 0 Å². The maximum atomic E-state index is 12.6. The molecule has 0 aliphatic carbocycles. The molecule has 0 aromatic heterocycles. The van der Waals surface area contributed by atoms with Crippen LogP contribution in [0.1, 0.15) is 24.0 Å². The minimum atomic E-state index is 0.0690. The lowest BCUT2D eigenvalue weighted by Gasteiger charge is -2.31. The molecule has 0 bridgehead atoms. The van der Waals surface area contributed by atoms with Gasteiger partial charge in [0.2, 0.25) is 5.91 Å². The van der Waals surface area contributed by atoms with E-state index >= 15 is 0 Å². The molecule has 132 valence electrons. The van der Waals surface area contributed by atoms with Crippen molar-refractivity contribution in [2.45, 2.75) is 26.3 Å². The number of benzene rings is 2. The van der Waals surface area contributed by atoms with Gasteiger partial charge in [-0.25, -0.2) is 0 Å². The Morgan fingerprint density at radius 3 is 2.56 bits per heavy atom. The van der Waals surface area contributed by atoms with Crippen molar-refractivity contribution in [1.29, 1.82) is 0 Å². The van der Waals surface area contributed by atoms with Gasteiger partial charge >= 0.3 is 0 Å². The Balaban J connectivity index is 1.52. The molecule has 1 saturated heterocycles. The molecule has 1 aliphatic heterocycles. The Hall–Kier alpha value is -1.36. The number of nitrogens with one attached hydrogen (secondary N) is 1. The molecule has 1 amide bonds. The third-order valence-electron chi connectivity index (χ3n) is 4.80. The predicted octanol–water partition coefficient (Wildman–Crippen LogP) is 5.26. The van der Waals surface area contributed by atoms with Gasteiger partial charge in [0, 0.05) is 27.6 Å². The van der Waals surface area contributed by atoms with Crippen LogP contribution in [0.25, 0.3) is 0 Å². The monoisotopic (exact) mass is 420 g/mol. The molecule has 0 atom stereocenters. The van der Waals surface area contributed by atoms with E-state index in [1.54, 1.807) is 0 Å². The Kier molecular flexibility index (Phi) is 6.15. The van der Waals surface area contributed by atoms with E-state index < -0.39 is 0 Å².